The number of hydrogen-bond donors (Lipinski definition) is 1. The van der Waals surface area contributed by atoms with Gasteiger partial charge in [0.1, 0.15) is 0 Å². The molecule has 1 aliphatic carbocycles. The molecule has 0 radical (unpaired) electrons. The summed E-state index contributed by atoms with van der Waals surface area (Å²) in [5.74, 6) is 1.12. The topological polar surface area (TPSA) is 28.7 Å². The predicted octanol–water partition coefficient (Wildman–Crippen LogP) is 4.77. The molecule has 0 aliphatic heterocycles. The molecule has 0 saturated heterocycles. The number of nitrogens with zero attached hydrogens (tertiary/aromatic N) is 1. The van der Waals surface area contributed by atoms with Crippen LogP contribution < -0.4 is 5.72 Å². The SMILES string of the molecule is B(CC(c1ccccc1)c1ccccc1)c1ncc(C2CCCCC2)[nH]1. The number of rotatable bonds is 6. The molecule has 1 fully saturated rings. The van der Waals surface area contributed by atoms with Crippen LogP contribution in [0.3, 0.4) is 0 Å². The first-order valence-corrected chi connectivity index (χ1v) is 10.0. The molecule has 26 heavy (non-hydrogen) atoms. The summed E-state index contributed by atoms with van der Waals surface area (Å²) in [6.07, 6.45) is 9.92. The van der Waals surface area contributed by atoms with Gasteiger partial charge in [0, 0.05) is 23.7 Å². The van der Waals surface area contributed by atoms with Gasteiger partial charge < -0.3 is 4.98 Å². The molecule has 0 bridgehead atoms. The van der Waals surface area contributed by atoms with E-state index in [0.29, 0.717) is 11.8 Å². The van der Waals surface area contributed by atoms with Gasteiger partial charge in [0.15, 0.2) is 0 Å². The molecular weight excluding hydrogens is 315 g/mol. The van der Waals surface area contributed by atoms with Crippen LogP contribution in [0.15, 0.2) is 66.9 Å². The zero-order valence-electron chi connectivity index (χ0n) is 15.4. The molecule has 1 heterocycles. The lowest BCUT2D eigenvalue weighted by atomic mass is 9.65. The maximum Gasteiger partial charge on any atom is 0.205 e. The third kappa shape index (κ3) is 4.09. The van der Waals surface area contributed by atoms with E-state index in [9.17, 15) is 0 Å². The summed E-state index contributed by atoms with van der Waals surface area (Å²) in [5.41, 5.74) is 5.27. The van der Waals surface area contributed by atoms with Crippen molar-refractivity contribution >= 4 is 13.0 Å². The maximum atomic E-state index is 4.70. The number of aromatic nitrogens is 2. The van der Waals surface area contributed by atoms with Crippen LogP contribution in [0.5, 0.6) is 0 Å². The summed E-state index contributed by atoms with van der Waals surface area (Å²) in [5, 5.41) is 0. The highest BCUT2D eigenvalue weighted by Crippen LogP contribution is 2.31. The van der Waals surface area contributed by atoms with Gasteiger partial charge >= 0.3 is 0 Å². The second-order valence-electron chi connectivity index (χ2n) is 7.53. The fourth-order valence-electron chi connectivity index (χ4n) is 4.30. The van der Waals surface area contributed by atoms with Gasteiger partial charge in [0.2, 0.25) is 7.28 Å². The summed E-state index contributed by atoms with van der Waals surface area (Å²) in [6.45, 7) is 0. The van der Waals surface area contributed by atoms with Gasteiger partial charge in [-0.3, -0.25) is 4.98 Å². The van der Waals surface area contributed by atoms with Gasteiger partial charge in [0.05, 0.1) is 5.72 Å². The Bertz CT molecular complexity index is 752. The highest BCUT2D eigenvalue weighted by Gasteiger charge is 2.19. The number of hydrogen-bond acceptors (Lipinski definition) is 1. The summed E-state index contributed by atoms with van der Waals surface area (Å²) in [6, 6.07) is 21.7. The van der Waals surface area contributed by atoms with Crippen molar-refractivity contribution in [2.75, 3.05) is 0 Å². The zero-order chi connectivity index (χ0) is 17.6. The van der Waals surface area contributed by atoms with E-state index >= 15 is 0 Å². The van der Waals surface area contributed by atoms with Gasteiger partial charge in [-0.15, -0.1) is 0 Å². The Hall–Kier alpha value is -2.29. The number of benzene rings is 2. The molecule has 1 aromatic heterocycles. The molecule has 3 heteroatoms. The van der Waals surface area contributed by atoms with Crippen molar-refractivity contribution in [1.82, 2.24) is 9.97 Å². The third-order valence-corrected chi connectivity index (χ3v) is 5.77. The smallest absolute Gasteiger partial charge is 0.205 e. The van der Waals surface area contributed by atoms with Gasteiger partial charge in [-0.2, -0.15) is 0 Å². The lowest BCUT2D eigenvalue weighted by molar-refractivity contribution is 0.438. The average molecular weight is 342 g/mol. The van der Waals surface area contributed by atoms with Gasteiger partial charge in [0.25, 0.3) is 0 Å². The zero-order valence-corrected chi connectivity index (χ0v) is 15.4. The van der Waals surface area contributed by atoms with Crippen LogP contribution in [0, 0.1) is 0 Å². The van der Waals surface area contributed by atoms with Crippen LogP contribution in [0.4, 0.5) is 0 Å². The van der Waals surface area contributed by atoms with Crippen molar-refractivity contribution < 1.29 is 0 Å². The Morgan fingerprint density at radius 2 is 1.50 bits per heavy atom. The molecule has 132 valence electrons. The van der Waals surface area contributed by atoms with Gasteiger partial charge in [-0.25, -0.2) is 0 Å². The maximum absolute atomic E-state index is 4.70. The molecule has 0 atom stereocenters. The standard InChI is InChI=1S/C23H27BN2/c1-4-10-18(11-5-1)21(19-12-6-2-7-13-19)16-24-23-25-17-22(26-23)20-14-8-3-9-15-20/h1-2,4-7,10-13,17,20-21,24H,3,8-9,14-16H2,(H,25,26). The number of imidazole rings is 1. The quantitative estimate of drug-likeness (QED) is 0.642. The molecule has 1 saturated carbocycles. The monoisotopic (exact) mass is 342 g/mol. The molecule has 2 nitrogen and oxygen atoms in total. The third-order valence-electron chi connectivity index (χ3n) is 5.77. The Morgan fingerprint density at radius 1 is 0.885 bits per heavy atom. The fraction of sp³-hybridized carbons (Fsp3) is 0.348. The summed E-state index contributed by atoms with van der Waals surface area (Å²) in [4.78, 5) is 8.33. The van der Waals surface area contributed by atoms with Crippen molar-refractivity contribution in [2.24, 2.45) is 0 Å². The van der Waals surface area contributed by atoms with E-state index in [1.54, 1.807) is 0 Å². The molecule has 3 aromatic rings. The molecule has 1 N–H and O–H groups in total. The average Bonchev–Trinajstić information content (AvgIpc) is 3.20. The molecule has 4 rings (SSSR count). The first-order valence-electron chi connectivity index (χ1n) is 10.0. The fourth-order valence-corrected chi connectivity index (χ4v) is 4.30. The lowest BCUT2D eigenvalue weighted by Crippen LogP contribution is -2.21. The van der Waals surface area contributed by atoms with E-state index in [1.807, 2.05) is 0 Å². The van der Waals surface area contributed by atoms with Crippen LogP contribution in [0.2, 0.25) is 6.32 Å². The Labute approximate surface area is 157 Å². The molecule has 0 unspecified atom stereocenters. The van der Waals surface area contributed by atoms with E-state index in [2.05, 4.69) is 71.8 Å². The summed E-state index contributed by atoms with van der Waals surface area (Å²) in [7, 11) is 0.987. The minimum Gasteiger partial charge on any atom is -0.354 e. The number of H-pyrrole nitrogens is 1. The van der Waals surface area contributed by atoms with E-state index in [-0.39, 0.29) is 0 Å². The van der Waals surface area contributed by atoms with Crippen LogP contribution in [-0.4, -0.2) is 17.2 Å². The second kappa shape index (κ2) is 8.40. The molecule has 2 aromatic carbocycles. The van der Waals surface area contributed by atoms with E-state index in [0.717, 1.165) is 19.3 Å². The van der Waals surface area contributed by atoms with Crippen LogP contribution in [-0.2, 0) is 0 Å². The van der Waals surface area contributed by atoms with Crippen LogP contribution in [0.25, 0.3) is 0 Å². The van der Waals surface area contributed by atoms with Gasteiger partial charge in [-0.1, -0.05) is 86.2 Å². The number of aromatic amines is 1. The van der Waals surface area contributed by atoms with E-state index in [4.69, 9.17) is 4.98 Å². The minimum atomic E-state index is 0.417. The molecule has 1 aliphatic rings. The highest BCUT2D eigenvalue weighted by atomic mass is 14.9. The predicted molar refractivity (Wildman–Crippen MR) is 111 cm³/mol. The van der Waals surface area contributed by atoms with Crippen molar-refractivity contribution in [1.29, 1.82) is 0 Å². The van der Waals surface area contributed by atoms with Gasteiger partial charge in [-0.05, 0) is 24.0 Å². The molecular formula is C23H27BN2. The lowest BCUT2D eigenvalue weighted by Gasteiger charge is -2.20. The number of nitrogens with one attached hydrogen (secondary N) is 1. The summed E-state index contributed by atoms with van der Waals surface area (Å²) < 4.78 is 0. The minimum absolute atomic E-state index is 0.417. The van der Waals surface area contributed by atoms with Crippen molar-refractivity contribution in [3.8, 4) is 0 Å². The Balaban J connectivity index is 1.48. The highest BCUT2D eigenvalue weighted by molar-refractivity contribution is 6.51. The first kappa shape index (κ1) is 17.1. The second-order valence-corrected chi connectivity index (χ2v) is 7.53. The van der Waals surface area contributed by atoms with Crippen LogP contribution >= 0.6 is 0 Å². The molecule has 0 amide bonds. The van der Waals surface area contributed by atoms with E-state index in [1.165, 1.54) is 48.9 Å². The largest absolute Gasteiger partial charge is 0.354 e. The first-order chi connectivity index (χ1) is 12.9. The van der Waals surface area contributed by atoms with Crippen molar-refractivity contribution in [3.63, 3.8) is 0 Å². The Kier molecular flexibility index (Phi) is 5.54. The van der Waals surface area contributed by atoms with Crippen molar-refractivity contribution in [2.45, 2.75) is 50.3 Å². The molecule has 0 spiro atoms. The summed E-state index contributed by atoms with van der Waals surface area (Å²) >= 11 is 0. The van der Waals surface area contributed by atoms with E-state index < -0.39 is 0 Å². The normalized spacial score (nSPS) is 15.3. The Morgan fingerprint density at radius 3 is 2.12 bits per heavy atom. The van der Waals surface area contributed by atoms with Crippen molar-refractivity contribution in [3.05, 3.63) is 83.7 Å². The van der Waals surface area contributed by atoms with Crippen LogP contribution in [0.1, 0.15) is 60.8 Å².